The molecule has 0 spiro atoms. The normalized spacial score (nSPS) is 11.9. The Morgan fingerprint density at radius 2 is 1.42 bits per heavy atom. The number of hydrogen-bond donors (Lipinski definition) is 5. The van der Waals surface area contributed by atoms with Crippen molar-refractivity contribution in [2.75, 3.05) is 13.1 Å². The van der Waals surface area contributed by atoms with Gasteiger partial charge in [0.05, 0.1) is 5.92 Å². The molecular formula is C30H36N8O5. The number of urea groups is 1. The van der Waals surface area contributed by atoms with Crippen molar-refractivity contribution in [1.29, 1.82) is 0 Å². The number of guanidine groups is 1. The van der Waals surface area contributed by atoms with Crippen molar-refractivity contribution >= 4 is 23.8 Å². The summed E-state index contributed by atoms with van der Waals surface area (Å²) in [6.07, 6.45) is 1.00. The smallest absolute Gasteiger partial charge is 0.312 e. The van der Waals surface area contributed by atoms with Gasteiger partial charge in [-0.1, -0.05) is 90.4 Å². The van der Waals surface area contributed by atoms with E-state index >= 15 is 0 Å². The minimum absolute atomic E-state index is 0.0767. The average Bonchev–Trinajstić information content (AvgIpc) is 2.97. The van der Waals surface area contributed by atoms with Crippen molar-refractivity contribution in [2.45, 2.75) is 37.8 Å². The van der Waals surface area contributed by atoms with Crippen LogP contribution in [0.4, 0.5) is 4.79 Å². The number of hydrogen-bond acceptors (Lipinski definition) is 6. The lowest BCUT2D eigenvalue weighted by atomic mass is 9.89. The zero-order chi connectivity index (χ0) is 31.2. The van der Waals surface area contributed by atoms with Crippen LogP contribution in [0.1, 0.15) is 41.0 Å². The summed E-state index contributed by atoms with van der Waals surface area (Å²) in [6.45, 7) is 0.549. The number of carbonyl (C=O) groups is 3. The minimum Gasteiger partial charge on any atom is -0.368 e. The van der Waals surface area contributed by atoms with Crippen LogP contribution >= 0.6 is 0 Å². The van der Waals surface area contributed by atoms with E-state index in [1.807, 2.05) is 84.9 Å². The van der Waals surface area contributed by atoms with Gasteiger partial charge in [-0.25, -0.2) is 19.9 Å². The summed E-state index contributed by atoms with van der Waals surface area (Å²) in [7, 11) is 0. The second-order valence-electron chi connectivity index (χ2n) is 9.77. The first-order valence-electron chi connectivity index (χ1n) is 13.7. The Bertz CT molecular complexity index is 1360. The third-order valence-electron chi connectivity index (χ3n) is 6.71. The molecule has 0 saturated heterocycles. The maximum atomic E-state index is 14.5. The molecule has 4 amide bonds. The van der Waals surface area contributed by atoms with Crippen molar-refractivity contribution in [2.24, 2.45) is 22.2 Å². The topological polar surface area (TPSA) is 212 Å². The van der Waals surface area contributed by atoms with Crippen molar-refractivity contribution < 1.29 is 19.4 Å². The van der Waals surface area contributed by atoms with Gasteiger partial charge in [-0.05, 0) is 41.5 Å². The van der Waals surface area contributed by atoms with Crippen molar-refractivity contribution in [3.05, 3.63) is 117 Å². The maximum absolute atomic E-state index is 14.5. The number of primary amides is 2. The number of nitrogens with zero attached hydrogens (tertiary/aromatic N) is 3. The fourth-order valence-electron chi connectivity index (χ4n) is 4.68. The number of hydrazine groups is 1. The summed E-state index contributed by atoms with van der Waals surface area (Å²) in [5.41, 5.74) is 21.5. The highest BCUT2D eigenvalue weighted by Gasteiger charge is 2.34. The molecule has 0 fully saturated rings. The van der Waals surface area contributed by atoms with E-state index in [0.29, 0.717) is 13.0 Å². The summed E-state index contributed by atoms with van der Waals surface area (Å²) >= 11 is 0. The molecule has 3 aromatic rings. The van der Waals surface area contributed by atoms with Gasteiger partial charge >= 0.3 is 6.03 Å². The fraction of sp³-hybridized carbons (Fsp3) is 0.267. The highest BCUT2D eigenvalue weighted by atomic mass is 16.7. The number of nitro groups is 1. The highest BCUT2D eigenvalue weighted by molar-refractivity contribution is 5.92. The number of aliphatic imine (C=N–C) groups is 1. The fourth-order valence-corrected chi connectivity index (χ4v) is 4.68. The molecule has 13 heteroatoms. The zero-order valence-electron chi connectivity index (χ0n) is 23.6. The summed E-state index contributed by atoms with van der Waals surface area (Å²) < 4.78 is 0. The Balaban J connectivity index is 1.93. The number of nitrogens with two attached hydrogens (primary N) is 3. The molecule has 13 nitrogen and oxygen atoms in total. The van der Waals surface area contributed by atoms with Gasteiger partial charge < -0.3 is 27.4 Å². The highest BCUT2D eigenvalue weighted by Crippen LogP contribution is 2.29. The Morgan fingerprint density at radius 3 is 1.93 bits per heavy atom. The van der Waals surface area contributed by atoms with Crippen LogP contribution in [0, 0.1) is 10.1 Å². The lowest BCUT2D eigenvalue weighted by Crippen LogP contribution is -2.49. The number of nitrogens with one attached hydrogen (secondary N) is 2. The lowest BCUT2D eigenvalue weighted by molar-refractivity contribution is -0.525. The van der Waals surface area contributed by atoms with Crippen molar-refractivity contribution in [1.82, 2.24) is 15.6 Å². The molecule has 0 aliphatic carbocycles. The largest absolute Gasteiger partial charge is 0.368 e. The molecule has 0 aliphatic rings. The number of benzene rings is 3. The predicted octanol–water partition coefficient (Wildman–Crippen LogP) is 1.79. The molecule has 0 bridgehead atoms. The van der Waals surface area contributed by atoms with Gasteiger partial charge in [-0.3, -0.25) is 9.59 Å². The van der Waals surface area contributed by atoms with Gasteiger partial charge in [0.1, 0.15) is 6.04 Å². The standard InChI is InChI=1S/C30H36N8O5/c31-27(39)25(12-7-18-34-29(32)36-38(42)43)37(20-22-15-13-21(14-16-22)17-19-35-30(33)41)28(40)26(23-8-3-1-4-9-23)24-10-5-2-6-11-24/h1-6,8-11,13-16,25-26H,7,12,17-20H2,(H2,31,39)(H3,32,34,36)(H3,33,35,41)/t25-/m1/s1. The first-order chi connectivity index (χ1) is 20.7. The maximum Gasteiger partial charge on any atom is 0.312 e. The van der Waals surface area contributed by atoms with E-state index in [4.69, 9.17) is 17.2 Å². The van der Waals surface area contributed by atoms with Crippen LogP contribution in [0.25, 0.3) is 0 Å². The lowest BCUT2D eigenvalue weighted by Gasteiger charge is -2.33. The molecule has 43 heavy (non-hydrogen) atoms. The number of rotatable bonds is 15. The van der Waals surface area contributed by atoms with Crippen molar-refractivity contribution in [3.63, 3.8) is 0 Å². The predicted molar refractivity (Wildman–Crippen MR) is 162 cm³/mol. The molecule has 0 radical (unpaired) electrons. The number of carbonyl (C=O) groups excluding carboxylic acids is 3. The monoisotopic (exact) mass is 588 g/mol. The third kappa shape index (κ3) is 10.1. The summed E-state index contributed by atoms with van der Waals surface area (Å²) in [6, 6.07) is 24.4. The van der Waals surface area contributed by atoms with Gasteiger partial charge in [0.25, 0.3) is 5.96 Å². The van der Waals surface area contributed by atoms with Gasteiger partial charge in [-0.2, -0.15) is 0 Å². The van der Waals surface area contributed by atoms with Gasteiger partial charge in [0.15, 0.2) is 5.03 Å². The summed E-state index contributed by atoms with van der Waals surface area (Å²) in [5, 5.41) is 12.3. The van der Waals surface area contributed by atoms with Crippen LogP contribution in [0.3, 0.4) is 0 Å². The first-order valence-corrected chi connectivity index (χ1v) is 13.7. The van der Waals surface area contributed by atoms with Crippen LogP contribution in [0.15, 0.2) is 89.9 Å². The minimum atomic E-state index is -0.998. The molecular weight excluding hydrogens is 552 g/mol. The average molecular weight is 589 g/mol. The molecule has 3 aromatic carbocycles. The van der Waals surface area contributed by atoms with E-state index in [9.17, 15) is 24.5 Å². The van der Waals surface area contributed by atoms with Crippen LogP contribution in [-0.4, -0.2) is 52.9 Å². The summed E-state index contributed by atoms with van der Waals surface area (Å²) in [5.74, 6) is -2.08. The van der Waals surface area contributed by atoms with Gasteiger partial charge in [0.2, 0.25) is 11.8 Å². The van der Waals surface area contributed by atoms with Crippen LogP contribution < -0.4 is 27.9 Å². The Morgan fingerprint density at radius 1 is 0.860 bits per heavy atom. The van der Waals surface area contributed by atoms with E-state index in [2.05, 4.69) is 10.3 Å². The van der Waals surface area contributed by atoms with E-state index in [1.54, 1.807) is 5.43 Å². The van der Waals surface area contributed by atoms with Crippen molar-refractivity contribution in [3.8, 4) is 0 Å². The Labute approximate surface area is 249 Å². The second-order valence-corrected chi connectivity index (χ2v) is 9.77. The SMILES string of the molecule is NC(=O)NCCc1ccc(CN(C(=O)C(c2ccccc2)c2ccccc2)[C@H](CCCN=C(N)N[N+](=O)[O-])C(N)=O)cc1. The van der Waals surface area contributed by atoms with Gasteiger partial charge in [0, 0.05) is 19.6 Å². The Kier molecular flexibility index (Phi) is 12.0. The molecule has 0 aliphatic heterocycles. The third-order valence-corrected chi connectivity index (χ3v) is 6.71. The van der Waals surface area contributed by atoms with Gasteiger partial charge in [-0.15, -0.1) is 0 Å². The molecule has 226 valence electrons. The Hall–Kier alpha value is -5.46. The van der Waals surface area contributed by atoms with E-state index < -0.39 is 28.9 Å². The zero-order valence-corrected chi connectivity index (χ0v) is 23.6. The summed E-state index contributed by atoms with van der Waals surface area (Å²) in [4.78, 5) is 54.3. The molecule has 8 N–H and O–H groups in total. The molecule has 0 aromatic heterocycles. The number of amides is 4. The molecule has 1 atom stereocenters. The molecule has 3 rings (SSSR count). The molecule has 0 unspecified atom stereocenters. The quantitative estimate of drug-likeness (QED) is 0.0583. The molecule has 0 saturated carbocycles. The van der Waals surface area contributed by atoms with E-state index in [-0.39, 0.29) is 37.8 Å². The first kappa shape index (κ1) is 32.1. The van der Waals surface area contributed by atoms with Crippen LogP contribution in [0.5, 0.6) is 0 Å². The second kappa shape index (κ2) is 16.1. The van der Waals surface area contributed by atoms with E-state index in [1.165, 1.54) is 4.90 Å². The van der Waals surface area contributed by atoms with Crippen LogP contribution in [-0.2, 0) is 22.6 Å². The van der Waals surface area contributed by atoms with E-state index in [0.717, 1.165) is 22.3 Å². The molecule has 0 heterocycles. The van der Waals surface area contributed by atoms with Crippen LogP contribution in [0.2, 0.25) is 0 Å².